The van der Waals surface area contributed by atoms with Crippen molar-refractivity contribution in [3.8, 4) is 0 Å². The van der Waals surface area contributed by atoms with E-state index in [0.717, 1.165) is 11.4 Å². The number of carbonyl (C=O) groups is 1. The van der Waals surface area contributed by atoms with Crippen LogP contribution in [0.25, 0.3) is 0 Å². The minimum Gasteiger partial charge on any atom is -0.360 e. The van der Waals surface area contributed by atoms with Crippen molar-refractivity contribution in [3.63, 3.8) is 0 Å². The number of ketones is 1. The number of anilines is 2. The standard InChI is InChI=1S/C23H28N2O5S2/c26-23(15-24(19-7-3-1-4-8-19)21-11-13-31(27,28)17-21)16-25(20-9-5-2-6-10-20)22-12-14-32(29,30)18-22/h1-10,21-22H,11-18H2/t21-,22+. The molecule has 0 saturated carbocycles. The van der Waals surface area contributed by atoms with Crippen molar-refractivity contribution in [2.24, 2.45) is 0 Å². The number of sulfone groups is 2. The zero-order chi connectivity index (χ0) is 22.8. The number of hydrogen-bond donors (Lipinski definition) is 0. The van der Waals surface area contributed by atoms with E-state index >= 15 is 0 Å². The van der Waals surface area contributed by atoms with Gasteiger partial charge in [0.2, 0.25) is 0 Å². The third kappa shape index (κ3) is 5.50. The minimum atomic E-state index is -3.11. The van der Waals surface area contributed by atoms with Crippen molar-refractivity contribution in [2.75, 3.05) is 45.9 Å². The van der Waals surface area contributed by atoms with Crippen LogP contribution < -0.4 is 9.80 Å². The van der Waals surface area contributed by atoms with Gasteiger partial charge in [0.15, 0.2) is 25.5 Å². The van der Waals surface area contributed by atoms with Crippen LogP contribution in [0, 0.1) is 0 Å². The summed E-state index contributed by atoms with van der Waals surface area (Å²) in [6.45, 7) is 0.153. The first-order chi connectivity index (χ1) is 15.2. The van der Waals surface area contributed by atoms with Crippen molar-refractivity contribution < 1.29 is 21.6 Å². The van der Waals surface area contributed by atoms with Gasteiger partial charge in [-0.1, -0.05) is 36.4 Å². The molecular formula is C23H28N2O5S2. The van der Waals surface area contributed by atoms with Crippen LogP contribution in [0.15, 0.2) is 60.7 Å². The largest absolute Gasteiger partial charge is 0.360 e. The Labute approximate surface area is 189 Å². The van der Waals surface area contributed by atoms with Gasteiger partial charge in [-0.05, 0) is 37.1 Å². The number of benzene rings is 2. The van der Waals surface area contributed by atoms with Gasteiger partial charge >= 0.3 is 0 Å². The lowest BCUT2D eigenvalue weighted by Gasteiger charge is -2.33. The predicted octanol–water partition coefficient (Wildman–Crippen LogP) is 1.94. The summed E-state index contributed by atoms with van der Waals surface area (Å²) in [4.78, 5) is 17.0. The molecule has 9 heteroatoms. The first-order valence-corrected chi connectivity index (χ1v) is 14.4. The number of Topliss-reactive ketones (excluding diaryl/α,β-unsaturated/α-hetero) is 1. The molecule has 2 aliphatic heterocycles. The van der Waals surface area contributed by atoms with E-state index in [1.165, 1.54) is 0 Å². The summed E-state index contributed by atoms with van der Waals surface area (Å²) in [7, 11) is -6.21. The van der Waals surface area contributed by atoms with E-state index in [9.17, 15) is 21.6 Å². The van der Waals surface area contributed by atoms with Crippen molar-refractivity contribution in [2.45, 2.75) is 24.9 Å². The highest BCUT2D eigenvalue weighted by molar-refractivity contribution is 7.91. The Morgan fingerprint density at radius 3 is 1.38 bits per heavy atom. The van der Waals surface area contributed by atoms with Gasteiger partial charge in [0.25, 0.3) is 0 Å². The van der Waals surface area contributed by atoms with Crippen molar-refractivity contribution >= 4 is 36.8 Å². The van der Waals surface area contributed by atoms with E-state index in [4.69, 9.17) is 0 Å². The van der Waals surface area contributed by atoms with Crippen LogP contribution in [0.5, 0.6) is 0 Å². The van der Waals surface area contributed by atoms with E-state index in [1.807, 2.05) is 70.5 Å². The number of rotatable bonds is 8. The Hall–Kier alpha value is -2.39. The fourth-order valence-corrected chi connectivity index (χ4v) is 8.04. The van der Waals surface area contributed by atoms with E-state index in [1.54, 1.807) is 0 Å². The smallest absolute Gasteiger partial charge is 0.171 e. The van der Waals surface area contributed by atoms with Crippen LogP contribution in [-0.2, 0) is 24.5 Å². The molecule has 2 aromatic rings. The van der Waals surface area contributed by atoms with Crippen molar-refractivity contribution in [3.05, 3.63) is 60.7 Å². The van der Waals surface area contributed by atoms with Gasteiger partial charge in [-0.15, -0.1) is 0 Å². The first kappa shape index (κ1) is 22.8. The van der Waals surface area contributed by atoms with E-state index < -0.39 is 19.7 Å². The van der Waals surface area contributed by atoms with E-state index in [0.29, 0.717) is 12.8 Å². The zero-order valence-corrected chi connectivity index (χ0v) is 19.5. The Morgan fingerprint density at radius 2 is 1.06 bits per heavy atom. The maximum atomic E-state index is 13.3. The molecule has 32 heavy (non-hydrogen) atoms. The molecule has 0 bridgehead atoms. The number of hydrogen-bond acceptors (Lipinski definition) is 7. The van der Waals surface area contributed by atoms with Crippen LogP contribution in [0.3, 0.4) is 0 Å². The molecule has 0 spiro atoms. The molecular weight excluding hydrogens is 448 g/mol. The molecule has 0 amide bonds. The summed E-state index contributed by atoms with van der Waals surface area (Å²) >= 11 is 0. The summed E-state index contributed by atoms with van der Waals surface area (Å²) in [5, 5.41) is 0. The SMILES string of the molecule is O=C(CN(c1ccccc1)[C@@H]1CCS(=O)(=O)C1)CN(c1ccccc1)[C@H]1CCS(=O)(=O)C1. The van der Waals surface area contributed by atoms with Gasteiger partial charge in [0.1, 0.15) is 0 Å². The van der Waals surface area contributed by atoms with E-state index in [-0.39, 0.29) is 54.0 Å². The fourth-order valence-electron chi connectivity index (χ4n) is 4.57. The molecule has 2 aromatic carbocycles. The summed E-state index contributed by atoms with van der Waals surface area (Å²) in [5.41, 5.74) is 1.63. The third-order valence-electron chi connectivity index (χ3n) is 6.17. The highest BCUT2D eigenvalue weighted by Crippen LogP contribution is 2.26. The van der Waals surface area contributed by atoms with Gasteiger partial charge in [0.05, 0.1) is 36.1 Å². The Bertz CT molecular complexity index is 1060. The second kappa shape index (κ2) is 9.23. The monoisotopic (exact) mass is 476 g/mol. The highest BCUT2D eigenvalue weighted by atomic mass is 32.2. The van der Waals surface area contributed by atoms with Crippen molar-refractivity contribution in [1.29, 1.82) is 0 Å². The van der Waals surface area contributed by atoms with Gasteiger partial charge < -0.3 is 9.80 Å². The third-order valence-corrected chi connectivity index (χ3v) is 9.67. The lowest BCUT2D eigenvalue weighted by molar-refractivity contribution is -0.116. The van der Waals surface area contributed by atoms with Crippen LogP contribution in [-0.4, -0.2) is 70.8 Å². The maximum Gasteiger partial charge on any atom is 0.171 e. The molecule has 7 nitrogen and oxygen atoms in total. The summed E-state index contributed by atoms with van der Waals surface area (Å²) in [6, 6.07) is 18.3. The molecule has 0 aliphatic carbocycles. The molecule has 2 fully saturated rings. The lowest BCUT2D eigenvalue weighted by Crippen LogP contribution is -2.46. The maximum absolute atomic E-state index is 13.3. The molecule has 0 unspecified atom stereocenters. The Balaban J connectivity index is 1.55. The predicted molar refractivity (Wildman–Crippen MR) is 127 cm³/mol. The molecule has 2 saturated heterocycles. The van der Waals surface area contributed by atoms with Gasteiger partial charge in [-0.3, -0.25) is 4.79 Å². The van der Waals surface area contributed by atoms with Crippen molar-refractivity contribution in [1.82, 2.24) is 0 Å². The average molecular weight is 477 g/mol. The Kier molecular flexibility index (Phi) is 6.57. The topological polar surface area (TPSA) is 91.8 Å². The van der Waals surface area contributed by atoms with Crippen LogP contribution in [0.4, 0.5) is 11.4 Å². The van der Waals surface area contributed by atoms with Gasteiger partial charge in [-0.2, -0.15) is 0 Å². The summed E-state index contributed by atoms with van der Waals surface area (Å²) in [5.74, 6) is 0.263. The Morgan fingerprint density at radius 1 is 0.688 bits per heavy atom. The summed E-state index contributed by atoms with van der Waals surface area (Å²) < 4.78 is 48.3. The molecule has 172 valence electrons. The average Bonchev–Trinajstić information content (AvgIpc) is 3.32. The first-order valence-electron chi connectivity index (χ1n) is 10.8. The van der Waals surface area contributed by atoms with Crippen LogP contribution >= 0.6 is 0 Å². The van der Waals surface area contributed by atoms with Crippen LogP contribution in [0.1, 0.15) is 12.8 Å². The molecule has 0 N–H and O–H groups in total. The molecule has 2 heterocycles. The minimum absolute atomic E-state index is 0.0401. The lowest BCUT2D eigenvalue weighted by atomic mass is 10.1. The van der Waals surface area contributed by atoms with Crippen LogP contribution in [0.2, 0.25) is 0 Å². The quantitative estimate of drug-likeness (QED) is 0.575. The molecule has 0 radical (unpaired) electrons. The second-order valence-corrected chi connectivity index (χ2v) is 13.0. The number of nitrogens with zero attached hydrogens (tertiary/aromatic N) is 2. The van der Waals surface area contributed by atoms with Gasteiger partial charge in [0, 0.05) is 23.5 Å². The molecule has 2 aliphatic rings. The zero-order valence-electron chi connectivity index (χ0n) is 17.8. The number of carbonyl (C=O) groups excluding carboxylic acids is 1. The summed E-state index contributed by atoms with van der Waals surface area (Å²) in [6.07, 6.45) is 0.988. The molecule has 0 aromatic heterocycles. The normalized spacial score (nSPS) is 23.6. The fraction of sp³-hybridized carbons (Fsp3) is 0.435. The van der Waals surface area contributed by atoms with Gasteiger partial charge in [-0.25, -0.2) is 16.8 Å². The highest BCUT2D eigenvalue weighted by Gasteiger charge is 2.36. The number of para-hydroxylation sites is 2. The molecule has 4 rings (SSSR count). The second-order valence-electron chi connectivity index (χ2n) is 8.58. The van der Waals surface area contributed by atoms with E-state index in [2.05, 4.69) is 0 Å². The molecule has 2 atom stereocenters.